The fourth-order valence-corrected chi connectivity index (χ4v) is 3.75. The summed E-state index contributed by atoms with van der Waals surface area (Å²) < 4.78 is 5.05. The highest BCUT2D eigenvalue weighted by Gasteiger charge is 2.25. The molecule has 2 aromatic carbocycles. The number of hydrogen-bond donors (Lipinski definition) is 1. The van der Waals surface area contributed by atoms with Gasteiger partial charge in [-0.2, -0.15) is 0 Å². The lowest BCUT2D eigenvalue weighted by atomic mass is 9.95. The van der Waals surface area contributed by atoms with Crippen LogP contribution in [0.15, 0.2) is 42.5 Å². The topological polar surface area (TPSA) is 58.6 Å². The van der Waals surface area contributed by atoms with E-state index < -0.39 is 0 Å². The van der Waals surface area contributed by atoms with Crippen molar-refractivity contribution >= 4 is 29.2 Å². The molecule has 0 bridgehead atoms. The van der Waals surface area contributed by atoms with E-state index in [0.717, 1.165) is 48.6 Å². The van der Waals surface area contributed by atoms with Gasteiger partial charge in [0.05, 0.1) is 12.2 Å². The number of aryl methyl sites for hydroxylation is 1. The Morgan fingerprint density at radius 1 is 1.17 bits per heavy atom. The highest BCUT2D eigenvalue weighted by molar-refractivity contribution is 6.31. The van der Waals surface area contributed by atoms with Gasteiger partial charge in [-0.05, 0) is 69.1 Å². The molecule has 6 heteroatoms. The first-order valence-electron chi connectivity index (χ1n) is 10.0. The number of halogens is 1. The summed E-state index contributed by atoms with van der Waals surface area (Å²) in [4.78, 5) is 27.1. The molecule has 3 rings (SSSR count). The first-order chi connectivity index (χ1) is 14.0. The zero-order valence-electron chi connectivity index (χ0n) is 16.9. The van der Waals surface area contributed by atoms with Gasteiger partial charge in [0.1, 0.15) is 0 Å². The largest absolute Gasteiger partial charge is 0.462 e. The lowest BCUT2D eigenvalue weighted by Gasteiger charge is -2.31. The van der Waals surface area contributed by atoms with Crippen LogP contribution in [0, 0.1) is 12.8 Å². The van der Waals surface area contributed by atoms with Crippen LogP contribution in [0.1, 0.15) is 41.3 Å². The second kappa shape index (κ2) is 9.90. The number of carbonyl (C=O) groups excluding carboxylic acids is 2. The minimum atomic E-state index is -0.379. The molecule has 0 aromatic heterocycles. The van der Waals surface area contributed by atoms with E-state index in [9.17, 15) is 9.59 Å². The van der Waals surface area contributed by atoms with E-state index in [1.807, 2.05) is 37.3 Å². The molecule has 154 valence electrons. The molecule has 2 aromatic rings. The van der Waals surface area contributed by atoms with Crippen LogP contribution in [-0.4, -0.2) is 36.5 Å². The van der Waals surface area contributed by atoms with E-state index >= 15 is 0 Å². The van der Waals surface area contributed by atoms with Gasteiger partial charge in [-0.15, -0.1) is 0 Å². The normalized spacial score (nSPS) is 15.1. The Balaban J connectivity index is 1.57. The summed E-state index contributed by atoms with van der Waals surface area (Å²) in [5.74, 6) is -0.412. The Labute approximate surface area is 177 Å². The number of amides is 1. The van der Waals surface area contributed by atoms with E-state index in [1.54, 1.807) is 19.1 Å². The standard InChI is InChI=1S/C23H27ClN2O3/c1-3-29-23(28)18-9-8-16(2)21(14-18)25-22(27)17-10-12-26(13-11-17)15-19-6-4-5-7-20(19)24/h4-9,14,17H,3,10-13,15H2,1-2H3,(H,25,27). The molecule has 1 saturated heterocycles. The molecule has 0 spiro atoms. The molecule has 1 aliphatic rings. The second-order valence-corrected chi connectivity index (χ2v) is 7.79. The fraction of sp³-hybridized carbons (Fsp3) is 0.391. The average molecular weight is 415 g/mol. The van der Waals surface area contributed by atoms with Crippen molar-refractivity contribution in [3.8, 4) is 0 Å². The van der Waals surface area contributed by atoms with Gasteiger partial charge >= 0.3 is 5.97 Å². The molecule has 1 N–H and O–H groups in total. The van der Waals surface area contributed by atoms with Crippen LogP contribution in [0.25, 0.3) is 0 Å². The van der Waals surface area contributed by atoms with Gasteiger partial charge in [0, 0.05) is 23.2 Å². The third-order valence-corrected chi connectivity index (χ3v) is 5.69. The van der Waals surface area contributed by atoms with Crippen molar-refractivity contribution < 1.29 is 14.3 Å². The van der Waals surface area contributed by atoms with Gasteiger partial charge in [0.25, 0.3) is 0 Å². The molecule has 1 fully saturated rings. The van der Waals surface area contributed by atoms with Crippen molar-refractivity contribution in [2.75, 3.05) is 25.0 Å². The van der Waals surface area contributed by atoms with Crippen molar-refractivity contribution in [1.29, 1.82) is 0 Å². The first-order valence-corrected chi connectivity index (χ1v) is 10.4. The lowest BCUT2D eigenvalue weighted by Crippen LogP contribution is -2.37. The molecule has 5 nitrogen and oxygen atoms in total. The molecule has 0 atom stereocenters. The maximum absolute atomic E-state index is 12.8. The van der Waals surface area contributed by atoms with Crippen molar-refractivity contribution in [1.82, 2.24) is 4.90 Å². The molecule has 0 aliphatic carbocycles. The number of benzene rings is 2. The summed E-state index contributed by atoms with van der Waals surface area (Å²) in [5.41, 5.74) is 3.15. The zero-order valence-corrected chi connectivity index (χ0v) is 17.7. The molecule has 1 heterocycles. The van der Waals surface area contributed by atoms with E-state index in [2.05, 4.69) is 10.2 Å². The van der Waals surface area contributed by atoms with Crippen LogP contribution in [0.2, 0.25) is 5.02 Å². The van der Waals surface area contributed by atoms with Crippen LogP contribution < -0.4 is 5.32 Å². The molecule has 29 heavy (non-hydrogen) atoms. The number of esters is 1. The monoisotopic (exact) mass is 414 g/mol. The highest BCUT2D eigenvalue weighted by Crippen LogP contribution is 2.24. The van der Waals surface area contributed by atoms with E-state index in [1.165, 1.54) is 0 Å². The van der Waals surface area contributed by atoms with Gasteiger partial charge in [-0.3, -0.25) is 9.69 Å². The molecule has 0 radical (unpaired) electrons. The van der Waals surface area contributed by atoms with E-state index in [0.29, 0.717) is 17.9 Å². The minimum absolute atomic E-state index is 0.00602. The summed E-state index contributed by atoms with van der Waals surface area (Å²) in [6, 6.07) is 13.1. The number of rotatable bonds is 6. The highest BCUT2D eigenvalue weighted by atomic mass is 35.5. The smallest absolute Gasteiger partial charge is 0.338 e. The summed E-state index contributed by atoms with van der Waals surface area (Å²) in [5, 5.41) is 3.79. The predicted octanol–water partition coefficient (Wildman–Crippen LogP) is 4.68. The first kappa shape index (κ1) is 21.3. The Hall–Kier alpha value is -2.37. The number of anilines is 1. The van der Waals surface area contributed by atoms with Crippen molar-refractivity contribution in [3.05, 3.63) is 64.2 Å². The summed E-state index contributed by atoms with van der Waals surface area (Å²) in [7, 11) is 0. The van der Waals surface area contributed by atoms with Crippen LogP contribution in [0.4, 0.5) is 5.69 Å². The zero-order chi connectivity index (χ0) is 20.8. The summed E-state index contributed by atoms with van der Waals surface area (Å²) in [6.45, 7) is 6.51. The van der Waals surface area contributed by atoms with Crippen LogP contribution >= 0.6 is 11.6 Å². The van der Waals surface area contributed by atoms with Gasteiger partial charge in [-0.1, -0.05) is 35.9 Å². The maximum Gasteiger partial charge on any atom is 0.338 e. The van der Waals surface area contributed by atoms with Gasteiger partial charge in [0.15, 0.2) is 0 Å². The van der Waals surface area contributed by atoms with Crippen molar-refractivity contribution in [3.63, 3.8) is 0 Å². The van der Waals surface area contributed by atoms with Gasteiger partial charge in [0.2, 0.25) is 5.91 Å². The third kappa shape index (κ3) is 5.58. The van der Waals surface area contributed by atoms with Crippen molar-refractivity contribution in [2.45, 2.75) is 33.2 Å². The third-order valence-electron chi connectivity index (χ3n) is 5.32. The Morgan fingerprint density at radius 2 is 1.90 bits per heavy atom. The number of nitrogens with zero attached hydrogens (tertiary/aromatic N) is 1. The fourth-order valence-electron chi connectivity index (χ4n) is 3.55. The number of nitrogens with one attached hydrogen (secondary N) is 1. The van der Waals surface area contributed by atoms with Crippen molar-refractivity contribution in [2.24, 2.45) is 5.92 Å². The maximum atomic E-state index is 12.8. The molecular weight excluding hydrogens is 388 g/mol. The Morgan fingerprint density at radius 3 is 2.59 bits per heavy atom. The molecule has 0 saturated carbocycles. The number of carbonyl (C=O) groups is 2. The van der Waals surface area contributed by atoms with Gasteiger partial charge < -0.3 is 10.1 Å². The number of hydrogen-bond acceptors (Lipinski definition) is 4. The number of likely N-dealkylation sites (tertiary alicyclic amines) is 1. The SMILES string of the molecule is CCOC(=O)c1ccc(C)c(NC(=O)C2CCN(Cc3ccccc3Cl)CC2)c1. The second-order valence-electron chi connectivity index (χ2n) is 7.38. The van der Waals surface area contributed by atoms with E-state index in [4.69, 9.17) is 16.3 Å². The van der Waals surface area contributed by atoms with E-state index in [-0.39, 0.29) is 17.8 Å². The predicted molar refractivity (Wildman–Crippen MR) is 115 cm³/mol. The molecule has 1 aliphatic heterocycles. The quantitative estimate of drug-likeness (QED) is 0.697. The Bertz CT molecular complexity index is 876. The number of ether oxygens (including phenoxy) is 1. The summed E-state index contributed by atoms with van der Waals surface area (Å²) in [6.07, 6.45) is 1.60. The Kier molecular flexibility index (Phi) is 7.29. The number of piperidine rings is 1. The summed E-state index contributed by atoms with van der Waals surface area (Å²) >= 11 is 6.26. The molecular formula is C23H27ClN2O3. The molecule has 0 unspecified atom stereocenters. The van der Waals surface area contributed by atoms with Crippen LogP contribution in [0.3, 0.4) is 0 Å². The van der Waals surface area contributed by atoms with Crippen LogP contribution in [0.5, 0.6) is 0 Å². The molecule has 1 amide bonds. The average Bonchev–Trinajstić information content (AvgIpc) is 2.72. The van der Waals surface area contributed by atoms with Gasteiger partial charge in [-0.25, -0.2) is 4.79 Å². The minimum Gasteiger partial charge on any atom is -0.462 e. The van der Waals surface area contributed by atoms with Crippen LogP contribution in [-0.2, 0) is 16.1 Å². The lowest BCUT2D eigenvalue weighted by molar-refractivity contribution is -0.121.